The van der Waals surface area contributed by atoms with Gasteiger partial charge in [0.2, 0.25) is 0 Å². The van der Waals surface area contributed by atoms with Crippen LogP contribution in [0.5, 0.6) is 5.75 Å². The van der Waals surface area contributed by atoms with E-state index in [-0.39, 0.29) is 17.7 Å². The average molecular weight is 348 g/mol. The highest BCUT2D eigenvalue weighted by Crippen LogP contribution is 2.32. The second-order valence-electron chi connectivity index (χ2n) is 6.50. The van der Waals surface area contributed by atoms with E-state index in [2.05, 4.69) is 17.4 Å². The summed E-state index contributed by atoms with van der Waals surface area (Å²) in [7, 11) is 1.56. The van der Waals surface area contributed by atoms with Gasteiger partial charge in [-0.15, -0.1) is 0 Å². The lowest BCUT2D eigenvalue weighted by Gasteiger charge is -2.41. The molecular formula is C21H20N2O3. The van der Waals surface area contributed by atoms with Gasteiger partial charge in [0.25, 0.3) is 5.91 Å². The van der Waals surface area contributed by atoms with E-state index < -0.39 is 0 Å². The van der Waals surface area contributed by atoms with Gasteiger partial charge in [0.05, 0.1) is 13.2 Å². The molecule has 2 aromatic carbocycles. The van der Waals surface area contributed by atoms with Crippen molar-refractivity contribution in [1.29, 1.82) is 0 Å². The Morgan fingerprint density at radius 3 is 2.92 bits per heavy atom. The van der Waals surface area contributed by atoms with Crippen LogP contribution in [-0.2, 0) is 11.2 Å². The summed E-state index contributed by atoms with van der Waals surface area (Å²) >= 11 is 0. The smallest absolute Gasteiger partial charge is 0.270 e. The first kappa shape index (κ1) is 16.4. The number of ether oxygens (including phenoxy) is 1. The van der Waals surface area contributed by atoms with Crippen LogP contribution in [0.4, 0.5) is 0 Å². The number of amides is 1. The number of fused-ring (bicyclic) bond motifs is 3. The maximum atomic E-state index is 12.9. The van der Waals surface area contributed by atoms with Crippen molar-refractivity contribution in [2.24, 2.45) is 0 Å². The van der Waals surface area contributed by atoms with Crippen LogP contribution in [0.1, 0.15) is 27.5 Å². The minimum absolute atomic E-state index is 0.0246. The summed E-state index contributed by atoms with van der Waals surface area (Å²) in [5, 5.41) is 3.16. The van der Waals surface area contributed by atoms with E-state index in [9.17, 15) is 9.59 Å². The van der Waals surface area contributed by atoms with E-state index in [1.165, 1.54) is 17.2 Å². The van der Waals surface area contributed by atoms with Crippen molar-refractivity contribution in [2.75, 3.05) is 20.2 Å². The van der Waals surface area contributed by atoms with Crippen LogP contribution in [0, 0.1) is 0 Å². The Balaban J connectivity index is 1.58. The second-order valence-corrected chi connectivity index (χ2v) is 6.50. The van der Waals surface area contributed by atoms with Gasteiger partial charge >= 0.3 is 0 Å². The Labute approximate surface area is 152 Å². The molecule has 2 aliphatic rings. The zero-order valence-electron chi connectivity index (χ0n) is 14.6. The molecule has 0 spiro atoms. The lowest BCUT2D eigenvalue weighted by molar-refractivity contribution is -0.132. The molecule has 1 saturated heterocycles. The molecule has 1 fully saturated rings. The molecular weight excluding hydrogens is 328 g/mol. The van der Waals surface area contributed by atoms with Gasteiger partial charge in [-0.25, -0.2) is 0 Å². The van der Waals surface area contributed by atoms with Gasteiger partial charge < -0.3 is 15.0 Å². The summed E-state index contributed by atoms with van der Waals surface area (Å²) in [4.78, 5) is 27.3. The number of carbonyl (C=O) groups is 2. The van der Waals surface area contributed by atoms with E-state index in [0.29, 0.717) is 30.1 Å². The van der Waals surface area contributed by atoms with Crippen molar-refractivity contribution >= 4 is 11.7 Å². The van der Waals surface area contributed by atoms with Crippen LogP contribution >= 0.6 is 0 Å². The molecule has 0 bridgehead atoms. The number of hydrogen-bond acceptors (Lipinski definition) is 4. The molecule has 132 valence electrons. The Morgan fingerprint density at radius 1 is 1.23 bits per heavy atom. The van der Waals surface area contributed by atoms with Crippen molar-refractivity contribution < 1.29 is 14.3 Å². The van der Waals surface area contributed by atoms with Crippen molar-refractivity contribution in [3.8, 4) is 5.75 Å². The number of nitrogens with one attached hydrogen (secondary N) is 1. The average Bonchev–Trinajstić information content (AvgIpc) is 2.69. The number of methoxy groups -OCH3 is 1. The molecule has 4 rings (SSSR count). The lowest BCUT2D eigenvalue weighted by Crippen LogP contribution is -2.51. The van der Waals surface area contributed by atoms with Gasteiger partial charge in [-0.1, -0.05) is 36.4 Å². The van der Waals surface area contributed by atoms with E-state index in [1.54, 1.807) is 31.4 Å². The molecule has 1 unspecified atom stereocenters. The number of ketones is 1. The van der Waals surface area contributed by atoms with Crippen LogP contribution in [-0.4, -0.2) is 36.8 Å². The third-order valence-corrected chi connectivity index (χ3v) is 5.02. The summed E-state index contributed by atoms with van der Waals surface area (Å²) in [5.74, 6) is 0.285. The van der Waals surface area contributed by atoms with Crippen molar-refractivity contribution in [2.45, 2.75) is 12.5 Å². The molecule has 5 nitrogen and oxygen atoms in total. The number of piperazine rings is 1. The SMILES string of the molecule is COc1cccc(C(=O)/C=C2/NCC3c4ccccc4CCN3C2=O)c1. The van der Waals surface area contributed by atoms with Crippen molar-refractivity contribution in [1.82, 2.24) is 10.2 Å². The van der Waals surface area contributed by atoms with E-state index in [0.717, 1.165) is 6.42 Å². The summed E-state index contributed by atoms with van der Waals surface area (Å²) < 4.78 is 5.16. The van der Waals surface area contributed by atoms with Crippen molar-refractivity contribution in [3.63, 3.8) is 0 Å². The molecule has 1 amide bonds. The molecule has 0 aromatic heterocycles. The monoisotopic (exact) mass is 348 g/mol. The van der Waals surface area contributed by atoms with Gasteiger partial charge in [0.1, 0.15) is 11.4 Å². The summed E-state index contributed by atoms with van der Waals surface area (Å²) in [6.07, 6.45) is 2.24. The predicted octanol–water partition coefficient (Wildman–Crippen LogP) is 2.49. The van der Waals surface area contributed by atoms with E-state index in [1.807, 2.05) is 17.0 Å². The summed E-state index contributed by atoms with van der Waals surface area (Å²) in [5.41, 5.74) is 3.34. The molecule has 1 atom stereocenters. The largest absolute Gasteiger partial charge is 0.497 e. The van der Waals surface area contributed by atoms with Crippen LogP contribution in [0.15, 0.2) is 60.3 Å². The van der Waals surface area contributed by atoms with Gasteiger partial charge in [-0.2, -0.15) is 0 Å². The zero-order valence-corrected chi connectivity index (χ0v) is 14.6. The Kier molecular flexibility index (Phi) is 4.21. The third kappa shape index (κ3) is 2.86. The van der Waals surface area contributed by atoms with Gasteiger partial charge in [-0.3, -0.25) is 9.59 Å². The molecule has 0 aliphatic carbocycles. The minimum atomic E-state index is -0.212. The summed E-state index contributed by atoms with van der Waals surface area (Å²) in [6.45, 7) is 1.28. The Bertz CT molecular complexity index is 904. The second kappa shape index (κ2) is 6.67. The maximum Gasteiger partial charge on any atom is 0.270 e. The normalized spacial score (nSPS) is 20.2. The minimum Gasteiger partial charge on any atom is -0.497 e. The lowest BCUT2D eigenvalue weighted by atomic mass is 9.90. The molecule has 2 aromatic rings. The van der Waals surface area contributed by atoms with E-state index in [4.69, 9.17) is 4.74 Å². The van der Waals surface area contributed by atoms with Gasteiger partial charge in [-0.05, 0) is 29.7 Å². The fourth-order valence-electron chi connectivity index (χ4n) is 3.66. The van der Waals surface area contributed by atoms with E-state index >= 15 is 0 Å². The molecule has 0 saturated carbocycles. The first-order valence-electron chi connectivity index (χ1n) is 8.70. The Morgan fingerprint density at radius 2 is 2.08 bits per heavy atom. The zero-order chi connectivity index (χ0) is 18.1. The fraction of sp³-hybridized carbons (Fsp3) is 0.238. The highest BCUT2D eigenvalue weighted by atomic mass is 16.5. The number of nitrogens with zero attached hydrogens (tertiary/aromatic N) is 1. The molecule has 0 radical (unpaired) electrons. The molecule has 5 heteroatoms. The predicted molar refractivity (Wildman–Crippen MR) is 98.0 cm³/mol. The quantitative estimate of drug-likeness (QED) is 0.684. The third-order valence-electron chi connectivity index (χ3n) is 5.02. The first-order chi connectivity index (χ1) is 12.7. The standard InChI is InChI=1S/C21H20N2O3/c1-26-16-7-4-6-15(11-16)20(24)12-18-21(25)23-10-9-14-5-2-3-8-17(14)19(23)13-22-18/h2-8,11-12,19,22H,9-10,13H2,1H3/b18-12+. The first-order valence-corrected chi connectivity index (χ1v) is 8.70. The highest BCUT2D eigenvalue weighted by Gasteiger charge is 2.36. The van der Waals surface area contributed by atoms with Gasteiger partial charge in [0.15, 0.2) is 5.78 Å². The van der Waals surface area contributed by atoms with Crippen molar-refractivity contribution in [3.05, 3.63) is 77.0 Å². The molecule has 1 N–H and O–H groups in total. The van der Waals surface area contributed by atoms with Crippen LogP contribution < -0.4 is 10.1 Å². The molecule has 2 heterocycles. The number of carbonyl (C=O) groups excluding carboxylic acids is 2. The van der Waals surface area contributed by atoms with Crippen LogP contribution in [0.25, 0.3) is 0 Å². The van der Waals surface area contributed by atoms with Gasteiger partial charge in [0, 0.05) is 24.7 Å². The Hall–Kier alpha value is -3.08. The number of benzene rings is 2. The highest BCUT2D eigenvalue weighted by molar-refractivity contribution is 6.09. The molecule has 26 heavy (non-hydrogen) atoms. The molecule has 2 aliphatic heterocycles. The number of allylic oxidation sites excluding steroid dienone is 1. The van der Waals surface area contributed by atoms with Crippen LogP contribution in [0.2, 0.25) is 0 Å². The fourth-order valence-corrected chi connectivity index (χ4v) is 3.66. The van der Waals surface area contributed by atoms with Crippen LogP contribution in [0.3, 0.4) is 0 Å². The summed E-state index contributed by atoms with van der Waals surface area (Å²) in [6, 6.07) is 15.2. The number of hydrogen-bond donors (Lipinski definition) is 1. The number of rotatable bonds is 3. The maximum absolute atomic E-state index is 12.9. The topological polar surface area (TPSA) is 58.6 Å².